The van der Waals surface area contributed by atoms with Crippen LogP contribution in [0.4, 0.5) is 5.00 Å². The van der Waals surface area contributed by atoms with Crippen molar-refractivity contribution in [3.05, 3.63) is 51.9 Å². The first-order valence-corrected chi connectivity index (χ1v) is 11.7. The average molecular weight is 441 g/mol. The van der Waals surface area contributed by atoms with E-state index in [1.807, 2.05) is 24.3 Å². The van der Waals surface area contributed by atoms with E-state index >= 15 is 0 Å². The fourth-order valence-electron chi connectivity index (χ4n) is 3.89. The molecule has 3 N–H and O–H groups in total. The monoisotopic (exact) mass is 440 g/mol. The number of primary amides is 1. The molecule has 5 nitrogen and oxygen atoms in total. The van der Waals surface area contributed by atoms with Crippen LogP contribution in [0.2, 0.25) is 0 Å². The van der Waals surface area contributed by atoms with Gasteiger partial charge in [0.05, 0.1) is 12.2 Å². The number of amides is 2. The molecule has 3 rings (SSSR count). The molecule has 0 saturated carbocycles. The molecule has 1 aromatic carbocycles. The molecule has 1 aliphatic carbocycles. The molecule has 1 aliphatic rings. The van der Waals surface area contributed by atoms with Crippen molar-refractivity contribution in [3.63, 3.8) is 0 Å². The van der Waals surface area contributed by atoms with Crippen LogP contribution in [0.3, 0.4) is 0 Å². The zero-order valence-electron chi connectivity index (χ0n) is 18.8. The third-order valence-electron chi connectivity index (χ3n) is 5.75. The number of benzene rings is 1. The van der Waals surface area contributed by atoms with Gasteiger partial charge in [-0.25, -0.2) is 0 Å². The van der Waals surface area contributed by atoms with E-state index < -0.39 is 5.91 Å². The van der Waals surface area contributed by atoms with Crippen LogP contribution >= 0.6 is 11.3 Å². The van der Waals surface area contributed by atoms with Crippen molar-refractivity contribution in [3.8, 4) is 5.75 Å². The summed E-state index contributed by atoms with van der Waals surface area (Å²) in [5, 5.41) is 3.44. The van der Waals surface area contributed by atoms with Crippen LogP contribution in [-0.4, -0.2) is 18.4 Å². The summed E-state index contributed by atoms with van der Waals surface area (Å²) in [4.78, 5) is 25.9. The zero-order valence-corrected chi connectivity index (χ0v) is 19.6. The van der Waals surface area contributed by atoms with Crippen molar-refractivity contribution in [1.82, 2.24) is 0 Å². The summed E-state index contributed by atoms with van der Waals surface area (Å²) in [6.07, 6.45) is 6.94. The van der Waals surface area contributed by atoms with Crippen LogP contribution in [0.25, 0.3) is 6.08 Å². The molecule has 2 amide bonds. The smallest absolute Gasteiger partial charge is 0.251 e. The number of hydrogen-bond donors (Lipinski definition) is 2. The first-order chi connectivity index (χ1) is 14.7. The van der Waals surface area contributed by atoms with Gasteiger partial charge in [0.1, 0.15) is 10.8 Å². The summed E-state index contributed by atoms with van der Waals surface area (Å²) < 4.78 is 5.57. The fraction of sp³-hybridized carbons (Fsp3) is 0.440. The molecule has 1 unspecified atom stereocenters. The Labute approximate surface area is 188 Å². The highest BCUT2D eigenvalue weighted by atomic mass is 32.1. The van der Waals surface area contributed by atoms with E-state index in [0.29, 0.717) is 23.1 Å². The van der Waals surface area contributed by atoms with Gasteiger partial charge < -0.3 is 15.8 Å². The molecule has 0 aliphatic heterocycles. The number of rotatable bonds is 7. The molecule has 166 valence electrons. The second kappa shape index (κ2) is 9.69. The van der Waals surface area contributed by atoms with Gasteiger partial charge in [0, 0.05) is 11.0 Å². The Morgan fingerprint density at radius 1 is 1.26 bits per heavy atom. The van der Waals surface area contributed by atoms with Gasteiger partial charge in [-0.3, -0.25) is 9.59 Å². The van der Waals surface area contributed by atoms with Gasteiger partial charge in [0.15, 0.2) is 0 Å². The van der Waals surface area contributed by atoms with E-state index in [-0.39, 0.29) is 11.3 Å². The van der Waals surface area contributed by atoms with Crippen molar-refractivity contribution in [2.24, 2.45) is 17.1 Å². The Kier molecular flexibility index (Phi) is 7.21. The van der Waals surface area contributed by atoms with Gasteiger partial charge in [-0.2, -0.15) is 0 Å². The average Bonchev–Trinajstić information content (AvgIpc) is 3.08. The molecule has 1 heterocycles. The Balaban J connectivity index is 1.72. The maximum Gasteiger partial charge on any atom is 0.251 e. The summed E-state index contributed by atoms with van der Waals surface area (Å²) in [7, 11) is 0. The maximum atomic E-state index is 12.5. The molecule has 2 aromatic rings. The van der Waals surface area contributed by atoms with Crippen molar-refractivity contribution >= 4 is 34.2 Å². The molecular weight excluding hydrogens is 408 g/mol. The Morgan fingerprint density at radius 2 is 1.97 bits per heavy atom. The van der Waals surface area contributed by atoms with E-state index in [4.69, 9.17) is 10.5 Å². The lowest BCUT2D eigenvalue weighted by molar-refractivity contribution is -0.111. The Morgan fingerprint density at radius 3 is 2.58 bits per heavy atom. The maximum absolute atomic E-state index is 12.5. The summed E-state index contributed by atoms with van der Waals surface area (Å²) in [5.74, 6) is 0.604. The minimum Gasteiger partial charge on any atom is -0.494 e. The second-order valence-electron chi connectivity index (χ2n) is 9.12. The molecule has 0 bridgehead atoms. The van der Waals surface area contributed by atoms with Gasteiger partial charge in [0.2, 0.25) is 5.91 Å². The van der Waals surface area contributed by atoms with E-state index in [1.165, 1.54) is 22.3 Å². The van der Waals surface area contributed by atoms with E-state index in [1.54, 1.807) is 6.08 Å². The predicted molar refractivity (Wildman–Crippen MR) is 128 cm³/mol. The van der Waals surface area contributed by atoms with E-state index in [2.05, 4.69) is 33.0 Å². The second-order valence-corrected chi connectivity index (χ2v) is 10.2. The van der Waals surface area contributed by atoms with Crippen LogP contribution in [0.15, 0.2) is 30.3 Å². The van der Waals surface area contributed by atoms with Crippen molar-refractivity contribution < 1.29 is 14.3 Å². The molecular formula is C25H32N2O3S. The standard InChI is InChI=1S/C25H32N2O3S/c1-5-14-30-18-10-6-16(7-11-18)8-13-21(28)27-24-22(23(26)29)19-12-9-17(25(2,3)4)15-20(19)31-24/h6-8,10-11,13,17H,5,9,12,14-15H2,1-4H3,(H2,26,29)(H,27,28)/b13-8+. The van der Waals surface area contributed by atoms with Crippen molar-refractivity contribution in [2.45, 2.75) is 53.4 Å². The molecule has 0 radical (unpaired) electrons. The van der Waals surface area contributed by atoms with Crippen LogP contribution in [0, 0.1) is 11.3 Å². The highest BCUT2D eigenvalue weighted by Gasteiger charge is 2.33. The first-order valence-electron chi connectivity index (χ1n) is 10.8. The zero-order chi connectivity index (χ0) is 22.6. The molecule has 6 heteroatoms. The van der Waals surface area contributed by atoms with E-state index in [9.17, 15) is 9.59 Å². The topological polar surface area (TPSA) is 81.4 Å². The SMILES string of the molecule is CCCOc1ccc(/C=C/C(=O)Nc2sc3c(c2C(N)=O)CCC(C(C)(C)C)C3)cc1. The van der Waals surface area contributed by atoms with Crippen molar-refractivity contribution in [1.29, 1.82) is 0 Å². The largest absolute Gasteiger partial charge is 0.494 e. The number of hydrogen-bond acceptors (Lipinski definition) is 4. The summed E-state index contributed by atoms with van der Waals surface area (Å²) in [6, 6.07) is 7.58. The van der Waals surface area contributed by atoms with Crippen LogP contribution in [-0.2, 0) is 17.6 Å². The highest BCUT2D eigenvalue weighted by molar-refractivity contribution is 7.17. The summed E-state index contributed by atoms with van der Waals surface area (Å²) in [6.45, 7) is 9.50. The predicted octanol–water partition coefficient (Wildman–Crippen LogP) is 5.44. The molecule has 1 aromatic heterocycles. The highest BCUT2D eigenvalue weighted by Crippen LogP contribution is 2.44. The lowest BCUT2D eigenvalue weighted by atomic mass is 9.72. The lowest BCUT2D eigenvalue weighted by Gasteiger charge is -2.33. The lowest BCUT2D eigenvalue weighted by Crippen LogP contribution is -2.27. The minimum absolute atomic E-state index is 0.206. The van der Waals surface area contributed by atoms with Crippen LogP contribution < -0.4 is 15.8 Å². The number of carbonyl (C=O) groups is 2. The third kappa shape index (κ3) is 5.76. The Hall–Kier alpha value is -2.60. The van der Waals surface area contributed by atoms with E-state index in [0.717, 1.165) is 42.6 Å². The quantitative estimate of drug-likeness (QED) is 0.563. The third-order valence-corrected chi connectivity index (χ3v) is 6.92. The number of anilines is 1. The summed E-state index contributed by atoms with van der Waals surface area (Å²) >= 11 is 1.49. The molecule has 0 spiro atoms. The van der Waals surface area contributed by atoms with Crippen LogP contribution in [0.5, 0.6) is 5.75 Å². The molecule has 0 saturated heterocycles. The van der Waals surface area contributed by atoms with Crippen LogP contribution in [0.1, 0.15) is 66.9 Å². The normalized spacial score (nSPS) is 16.2. The van der Waals surface area contributed by atoms with Gasteiger partial charge in [-0.05, 0) is 66.4 Å². The molecule has 31 heavy (non-hydrogen) atoms. The summed E-state index contributed by atoms with van der Waals surface area (Å²) in [5.41, 5.74) is 8.27. The minimum atomic E-state index is -0.478. The number of carbonyl (C=O) groups excluding carboxylic acids is 2. The first kappa shape index (κ1) is 23.1. The number of thiophene rings is 1. The molecule has 0 fully saturated rings. The molecule has 1 atom stereocenters. The Bertz CT molecular complexity index is 968. The number of fused-ring (bicyclic) bond motifs is 1. The van der Waals surface area contributed by atoms with Gasteiger partial charge in [-0.15, -0.1) is 11.3 Å². The number of ether oxygens (including phenoxy) is 1. The fourth-order valence-corrected chi connectivity index (χ4v) is 5.23. The van der Waals surface area contributed by atoms with Gasteiger partial charge in [-0.1, -0.05) is 39.8 Å². The van der Waals surface area contributed by atoms with Crippen molar-refractivity contribution in [2.75, 3.05) is 11.9 Å². The van der Waals surface area contributed by atoms with Gasteiger partial charge in [0.25, 0.3) is 5.91 Å². The number of nitrogens with one attached hydrogen (secondary N) is 1. The number of nitrogens with two attached hydrogens (primary N) is 1. The van der Waals surface area contributed by atoms with Gasteiger partial charge >= 0.3 is 0 Å².